The number of hydrogen-bond donors (Lipinski definition) is 3. The van der Waals surface area contributed by atoms with Gasteiger partial charge in [0.1, 0.15) is 0 Å². The maximum atomic E-state index is 11.4. The molecule has 0 aromatic carbocycles. The molecule has 0 radical (unpaired) electrons. The Hall–Kier alpha value is -1.85. The fraction of sp³-hybridized carbons (Fsp3) is 0.444. The van der Waals surface area contributed by atoms with Crippen molar-refractivity contribution >= 4 is 11.8 Å². The molecule has 0 unspecified atom stereocenters. The van der Waals surface area contributed by atoms with Crippen LogP contribution in [0.5, 0.6) is 0 Å². The first-order valence-electron chi connectivity index (χ1n) is 4.79. The number of aromatic amines is 1. The van der Waals surface area contributed by atoms with Crippen LogP contribution in [0.15, 0.2) is 6.07 Å². The van der Waals surface area contributed by atoms with Gasteiger partial charge in [0.2, 0.25) is 5.91 Å². The van der Waals surface area contributed by atoms with Crippen LogP contribution >= 0.6 is 0 Å². The molecule has 0 bridgehead atoms. The lowest BCUT2D eigenvalue weighted by atomic mass is 10.3. The third-order valence-corrected chi connectivity index (χ3v) is 2.19. The second-order valence-electron chi connectivity index (χ2n) is 3.65. The van der Waals surface area contributed by atoms with Crippen LogP contribution in [0.25, 0.3) is 0 Å². The molecule has 80 valence electrons. The van der Waals surface area contributed by atoms with E-state index in [0.717, 1.165) is 18.5 Å². The molecule has 0 saturated heterocycles. The summed E-state index contributed by atoms with van der Waals surface area (Å²) in [5.41, 5.74) is 5.74. The third-order valence-electron chi connectivity index (χ3n) is 2.19. The van der Waals surface area contributed by atoms with Crippen LogP contribution in [-0.2, 0) is 4.79 Å². The van der Waals surface area contributed by atoms with E-state index in [4.69, 9.17) is 0 Å². The second kappa shape index (κ2) is 3.72. The van der Waals surface area contributed by atoms with E-state index in [-0.39, 0.29) is 17.5 Å². The number of aryl methyl sites for hydroxylation is 1. The highest BCUT2D eigenvalue weighted by atomic mass is 16.2. The monoisotopic (exact) mass is 208 g/mol. The Balaban J connectivity index is 1.84. The lowest BCUT2D eigenvalue weighted by Gasteiger charge is -2.03. The Morgan fingerprint density at radius 1 is 1.47 bits per heavy atom. The Bertz CT molecular complexity index is 395. The summed E-state index contributed by atoms with van der Waals surface area (Å²) in [5, 5.41) is 6.41. The minimum Gasteiger partial charge on any atom is -0.282 e. The lowest BCUT2D eigenvalue weighted by Crippen LogP contribution is -2.42. The highest BCUT2D eigenvalue weighted by Gasteiger charge is 2.29. The molecule has 0 atom stereocenters. The first-order valence-corrected chi connectivity index (χ1v) is 4.79. The van der Waals surface area contributed by atoms with Gasteiger partial charge in [0.15, 0.2) is 5.69 Å². The molecule has 2 rings (SSSR count). The third kappa shape index (κ3) is 2.34. The summed E-state index contributed by atoms with van der Waals surface area (Å²) in [6.07, 6.45) is 1.81. The van der Waals surface area contributed by atoms with Crippen molar-refractivity contribution in [2.75, 3.05) is 0 Å². The summed E-state index contributed by atoms with van der Waals surface area (Å²) in [4.78, 5) is 22.6. The van der Waals surface area contributed by atoms with E-state index < -0.39 is 5.91 Å². The van der Waals surface area contributed by atoms with Gasteiger partial charge in [-0.3, -0.25) is 25.5 Å². The molecule has 2 amide bonds. The molecule has 6 nitrogen and oxygen atoms in total. The first-order chi connectivity index (χ1) is 7.16. The summed E-state index contributed by atoms with van der Waals surface area (Å²) in [7, 11) is 0. The number of amides is 2. The average Bonchev–Trinajstić information content (AvgIpc) is 2.97. The zero-order chi connectivity index (χ0) is 10.8. The van der Waals surface area contributed by atoms with Gasteiger partial charge in [-0.15, -0.1) is 0 Å². The van der Waals surface area contributed by atoms with Crippen molar-refractivity contribution in [2.45, 2.75) is 19.8 Å². The van der Waals surface area contributed by atoms with E-state index in [9.17, 15) is 9.59 Å². The van der Waals surface area contributed by atoms with Gasteiger partial charge >= 0.3 is 0 Å². The highest BCUT2D eigenvalue weighted by molar-refractivity contribution is 5.94. The topological polar surface area (TPSA) is 86.9 Å². The normalized spacial score (nSPS) is 14.7. The van der Waals surface area contributed by atoms with Crippen molar-refractivity contribution < 1.29 is 9.59 Å². The minimum atomic E-state index is -0.409. The Labute approximate surface area is 86.4 Å². The van der Waals surface area contributed by atoms with Gasteiger partial charge in [-0.1, -0.05) is 0 Å². The number of nitrogens with one attached hydrogen (secondary N) is 3. The predicted octanol–water partition coefficient (Wildman–Crippen LogP) is -0.111. The van der Waals surface area contributed by atoms with Crippen LogP contribution in [-0.4, -0.2) is 22.0 Å². The van der Waals surface area contributed by atoms with Gasteiger partial charge in [-0.05, 0) is 25.8 Å². The number of nitrogens with zero attached hydrogens (tertiary/aromatic N) is 1. The number of rotatable bonds is 2. The lowest BCUT2D eigenvalue weighted by molar-refractivity contribution is -0.123. The molecule has 1 aromatic heterocycles. The fourth-order valence-corrected chi connectivity index (χ4v) is 1.16. The zero-order valence-electron chi connectivity index (χ0n) is 8.33. The van der Waals surface area contributed by atoms with E-state index in [1.165, 1.54) is 0 Å². The van der Waals surface area contributed by atoms with Gasteiger partial charge in [0, 0.05) is 11.6 Å². The number of carbonyl (C=O) groups excluding carboxylic acids is 2. The van der Waals surface area contributed by atoms with Gasteiger partial charge in [0.05, 0.1) is 0 Å². The molecule has 0 aliphatic heterocycles. The molecule has 1 heterocycles. The quantitative estimate of drug-likeness (QED) is 0.592. The van der Waals surface area contributed by atoms with Crippen molar-refractivity contribution in [3.63, 3.8) is 0 Å². The molecule has 1 aliphatic carbocycles. The summed E-state index contributed by atoms with van der Waals surface area (Å²) in [6, 6.07) is 1.61. The Kier molecular flexibility index (Phi) is 2.40. The molecule has 15 heavy (non-hydrogen) atoms. The number of hydrogen-bond acceptors (Lipinski definition) is 3. The molecule has 3 N–H and O–H groups in total. The van der Waals surface area contributed by atoms with E-state index in [0.29, 0.717) is 0 Å². The van der Waals surface area contributed by atoms with E-state index in [1.807, 2.05) is 0 Å². The fourth-order valence-electron chi connectivity index (χ4n) is 1.16. The summed E-state index contributed by atoms with van der Waals surface area (Å²) >= 11 is 0. The van der Waals surface area contributed by atoms with Gasteiger partial charge in [-0.25, -0.2) is 0 Å². The molecule has 1 fully saturated rings. The molecular formula is C9H12N4O2. The zero-order valence-corrected chi connectivity index (χ0v) is 8.33. The van der Waals surface area contributed by atoms with Crippen LogP contribution in [0.2, 0.25) is 0 Å². The average molecular weight is 208 g/mol. The van der Waals surface area contributed by atoms with Gasteiger partial charge in [0.25, 0.3) is 5.91 Å². The molecule has 0 spiro atoms. The van der Waals surface area contributed by atoms with Crippen LogP contribution in [0, 0.1) is 12.8 Å². The summed E-state index contributed by atoms with van der Waals surface area (Å²) in [5.74, 6) is -0.463. The smallest absolute Gasteiger partial charge is 0.282 e. The second-order valence-corrected chi connectivity index (χ2v) is 3.65. The predicted molar refractivity (Wildman–Crippen MR) is 51.7 cm³/mol. The van der Waals surface area contributed by atoms with Crippen molar-refractivity contribution in [3.8, 4) is 0 Å². The highest BCUT2D eigenvalue weighted by Crippen LogP contribution is 2.28. The van der Waals surface area contributed by atoms with Crippen LogP contribution in [0.1, 0.15) is 29.0 Å². The number of carbonyl (C=O) groups is 2. The van der Waals surface area contributed by atoms with Crippen molar-refractivity contribution in [1.29, 1.82) is 0 Å². The first kappa shape index (κ1) is 9.70. The van der Waals surface area contributed by atoms with E-state index >= 15 is 0 Å². The minimum absolute atomic E-state index is 0.0752. The standard InChI is InChI=1S/C9H12N4O2/c1-5-4-7(11-10-5)9(15)13-12-8(14)6-2-3-6/h4,6H,2-3H2,1H3,(H,10,11)(H,12,14)(H,13,15). The largest absolute Gasteiger partial charge is 0.290 e. The Morgan fingerprint density at radius 3 is 2.73 bits per heavy atom. The summed E-state index contributed by atoms with van der Waals surface area (Å²) in [6.45, 7) is 1.80. The molecular weight excluding hydrogens is 196 g/mol. The Morgan fingerprint density at radius 2 is 2.20 bits per heavy atom. The van der Waals surface area contributed by atoms with E-state index in [1.54, 1.807) is 13.0 Å². The molecule has 1 aliphatic rings. The SMILES string of the molecule is Cc1cc(C(=O)NNC(=O)C2CC2)n[nH]1. The van der Waals surface area contributed by atoms with Gasteiger partial charge < -0.3 is 0 Å². The molecule has 1 saturated carbocycles. The molecule has 6 heteroatoms. The van der Waals surface area contributed by atoms with Crippen molar-refractivity contribution in [3.05, 3.63) is 17.5 Å². The van der Waals surface area contributed by atoms with E-state index in [2.05, 4.69) is 21.0 Å². The number of H-pyrrole nitrogens is 1. The maximum absolute atomic E-state index is 11.4. The maximum Gasteiger partial charge on any atom is 0.290 e. The van der Waals surface area contributed by atoms with Crippen LogP contribution < -0.4 is 10.9 Å². The van der Waals surface area contributed by atoms with Gasteiger partial charge in [-0.2, -0.15) is 5.10 Å². The van der Waals surface area contributed by atoms with Crippen molar-refractivity contribution in [2.24, 2.45) is 5.92 Å². The van der Waals surface area contributed by atoms with Crippen LogP contribution in [0.3, 0.4) is 0 Å². The molecule has 1 aromatic rings. The number of hydrazine groups is 1. The van der Waals surface area contributed by atoms with Crippen molar-refractivity contribution in [1.82, 2.24) is 21.0 Å². The number of aromatic nitrogens is 2. The van der Waals surface area contributed by atoms with Crippen LogP contribution in [0.4, 0.5) is 0 Å². The summed E-state index contributed by atoms with van der Waals surface area (Å²) < 4.78 is 0.